The Morgan fingerprint density at radius 1 is 1.19 bits per heavy atom. The number of aromatic nitrogens is 1. The van der Waals surface area contributed by atoms with E-state index < -0.39 is 30.0 Å². The first-order chi connectivity index (χ1) is 17.0. The molecule has 0 radical (unpaired) electrons. The second-order valence-electron chi connectivity index (χ2n) is 9.91. The third-order valence-electron chi connectivity index (χ3n) is 5.72. The molecule has 0 saturated carbocycles. The molecule has 1 fully saturated rings. The number of carbonyl (C=O) groups is 3. The van der Waals surface area contributed by atoms with Crippen LogP contribution in [0.2, 0.25) is 0 Å². The average Bonchev–Trinajstić information content (AvgIpc) is 2.85. The van der Waals surface area contributed by atoms with Crippen LogP contribution in [0.5, 0.6) is 11.5 Å². The van der Waals surface area contributed by atoms with Gasteiger partial charge in [0.15, 0.2) is 17.5 Å². The van der Waals surface area contributed by atoms with Gasteiger partial charge in [0.25, 0.3) is 5.91 Å². The van der Waals surface area contributed by atoms with Gasteiger partial charge in [0.1, 0.15) is 6.10 Å². The largest absolute Gasteiger partial charge is 0.493 e. The smallest absolute Gasteiger partial charge is 0.331 e. The van der Waals surface area contributed by atoms with Gasteiger partial charge in [0.05, 0.1) is 26.4 Å². The Hall–Kier alpha value is -2.72. The Balaban J connectivity index is 2.23. The number of carbonyl (C=O) groups excluding carboxylic acids is 3. The number of amides is 1. The Morgan fingerprint density at radius 2 is 1.92 bits per heavy atom. The van der Waals surface area contributed by atoms with E-state index in [0.717, 1.165) is 12.8 Å². The predicted octanol–water partition coefficient (Wildman–Crippen LogP) is 3.17. The summed E-state index contributed by atoms with van der Waals surface area (Å²) in [4.78, 5) is 41.7. The van der Waals surface area contributed by atoms with Crippen molar-refractivity contribution in [2.24, 2.45) is 17.8 Å². The highest BCUT2D eigenvalue weighted by Gasteiger charge is 2.36. The normalized spacial score (nSPS) is 22.9. The summed E-state index contributed by atoms with van der Waals surface area (Å²) in [5.74, 6) is -1.14. The number of cyclic esters (lactones) is 1. The molecular formula is C26H40N2O8. The number of pyridine rings is 1. The molecule has 1 aromatic heterocycles. The number of ether oxygens (including phenoxy) is 5. The minimum Gasteiger partial charge on any atom is -0.493 e. The molecule has 1 aliphatic rings. The number of hydrogen-bond donors (Lipinski definition) is 1. The lowest BCUT2D eigenvalue weighted by Gasteiger charge is -2.31. The van der Waals surface area contributed by atoms with Gasteiger partial charge < -0.3 is 29.0 Å². The highest BCUT2D eigenvalue weighted by atomic mass is 16.6. The van der Waals surface area contributed by atoms with Crippen molar-refractivity contribution in [2.75, 3.05) is 26.9 Å². The summed E-state index contributed by atoms with van der Waals surface area (Å²) in [6.45, 7) is 12.3. The predicted molar refractivity (Wildman–Crippen MR) is 132 cm³/mol. The van der Waals surface area contributed by atoms with Crippen LogP contribution in [0.1, 0.15) is 64.9 Å². The summed E-state index contributed by atoms with van der Waals surface area (Å²) in [5, 5.41) is 2.61. The summed E-state index contributed by atoms with van der Waals surface area (Å²) in [5.41, 5.74) is -0.196. The van der Waals surface area contributed by atoms with Gasteiger partial charge in [-0.15, -0.1) is 0 Å². The molecule has 4 atom stereocenters. The number of hydrogen-bond acceptors (Lipinski definition) is 9. The topological polar surface area (TPSA) is 122 Å². The first-order valence-electron chi connectivity index (χ1n) is 12.5. The molecule has 202 valence electrons. The third kappa shape index (κ3) is 8.74. The molecule has 0 aromatic carbocycles. The first-order valence-corrected chi connectivity index (χ1v) is 12.5. The fraction of sp³-hybridized carbons (Fsp3) is 0.692. The lowest BCUT2D eigenvalue weighted by Crippen LogP contribution is -2.46. The molecule has 1 aliphatic heterocycles. The Morgan fingerprint density at radius 3 is 2.53 bits per heavy atom. The van der Waals surface area contributed by atoms with Gasteiger partial charge in [-0.1, -0.05) is 34.1 Å². The highest BCUT2D eigenvalue weighted by molar-refractivity contribution is 5.98. The standard InChI is InChI=1S/C26H40N2O8/c1-15(2)8-9-19-13-33-14-20(26(31)35-17(5)23(19)34-12-16(3)4)28-25(30)22-24(36-18(6)29)21(32-7)10-11-27-22/h10-11,15-17,19-20,23H,8-9,12-14H2,1-7H3,(H,28,30)/t17-,19-,20-,23-/m0/s1. The Labute approximate surface area is 213 Å². The zero-order chi connectivity index (χ0) is 26.8. The number of esters is 2. The fourth-order valence-electron chi connectivity index (χ4n) is 3.91. The van der Waals surface area contributed by atoms with Gasteiger partial charge >= 0.3 is 11.9 Å². The van der Waals surface area contributed by atoms with Crippen molar-refractivity contribution >= 4 is 17.8 Å². The van der Waals surface area contributed by atoms with E-state index in [1.165, 1.54) is 26.3 Å². The van der Waals surface area contributed by atoms with Crippen LogP contribution in [-0.2, 0) is 23.8 Å². The maximum Gasteiger partial charge on any atom is 0.331 e. The maximum atomic E-state index is 13.1. The van der Waals surface area contributed by atoms with Gasteiger partial charge in [0, 0.05) is 31.7 Å². The molecule has 1 saturated heterocycles. The molecule has 1 N–H and O–H groups in total. The summed E-state index contributed by atoms with van der Waals surface area (Å²) >= 11 is 0. The van der Waals surface area contributed by atoms with Crippen LogP contribution < -0.4 is 14.8 Å². The molecule has 1 amide bonds. The van der Waals surface area contributed by atoms with Crippen LogP contribution in [0.3, 0.4) is 0 Å². The quantitative estimate of drug-likeness (QED) is 0.475. The zero-order valence-electron chi connectivity index (χ0n) is 22.4. The Kier molecular flexibility index (Phi) is 11.6. The van der Waals surface area contributed by atoms with Gasteiger partial charge in [-0.05, 0) is 25.2 Å². The average molecular weight is 509 g/mol. The van der Waals surface area contributed by atoms with Crippen molar-refractivity contribution in [1.29, 1.82) is 0 Å². The molecule has 10 nitrogen and oxygen atoms in total. The zero-order valence-corrected chi connectivity index (χ0v) is 22.4. The van der Waals surface area contributed by atoms with Crippen molar-refractivity contribution in [2.45, 2.75) is 72.6 Å². The molecule has 2 heterocycles. The summed E-state index contributed by atoms with van der Waals surface area (Å²) < 4.78 is 28.2. The van der Waals surface area contributed by atoms with E-state index in [1.54, 1.807) is 6.92 Å². The summed E-state index contributed by atoms with van der Waals surface area (Å²) in [6, 6.07) is 0.371. The Bertz CT molecular complexity index is 889. The molecule has 1 aromatic rings. The number of nitrogens with zero attached hydrogens (tertiary/aromatic N) is 1. The molecule has 0 bridgehead atoms. The molecule has 10 heteroatoms. The van der Waals surface area contributed by atoms with E-state index in [4.69, 9.17) is 23.7 Å². The van der Waals surface area contributed by atoms with Crippen molar-refractivity contribution in [3.63, 3.8) is 0 Å². The van der Waals surface area contributed by atoms with Crippen LogP contribution in [-0.4, -0.2) is 68.0 Å². The van der Waals surface area contributed by atoms with Crippen molar-refractivity contribution < 1.29 is 38.1 Å². The molecule has 2 rings (SSSR count). The molecule has 0 unspecified atom stereocenters. The monoisotopic (exact) mass is 508 g/mol. The van der Waals surface area contributed by atoms with Gasteiger partial charge in [-0.3, -0.25) is 9.59 Å². The summed E-state index contributed by atoms with van der Waals surface area (Å²) in [6.07, 6.45) is 2.31. The second kappa shape index (κ2) is 14.1. The maximum absolute atomic E-state index is 13.1. The lowest BCUT2D eigenvalue weighted by molar-refractivity contribution is -0.161. The number of methoxy groups -OCH3 is 1. The van der Waals surface area contributed by atoms with E-state index in [1.807, 2.05) is 0 Å². The minimum atomic E-state index is -1.09. The van der Waals surface area contributed by atoms with Crippen LogP contribution >= 0.6 is 0 Å². The van der Waals surface area contributed by atoms with Gasteiger partial charge in [-0.25, -0.2) is 9.78 Å². The lowest BCUT2D eigenvalue weighted by atomic mass is 9.91. The van der Waals surface area contributed by atoms with Crippen molar-refractivity contribution in [1.82, 2.24) is 10.3 Å². The molecular weight excluding hydrogens is 468 g/mol. The van der Waals surface area contributed by atoms with E-state index >= 15 is 0 Å². The van der Waals surface area contributed by atoms with E-state index in [9.17, 15) is 14.4 Å². The molecule has 0 aliphatic carbocycles. The number of nitrogens with one attached hydrogen (secondary N) is 1. The SMILES string of the molecule is COc1ccnc(C(=O)N[C@H]2COC[C@H](CCC(C)C)[C@@H](OCC(C)C)[C@H](C)OC2=O)c1OC(C)=O. The number of rotatable bonds is 10. The summed E-state index contributed by atoms with van der Waals surface area (Å²) in [7, 11) is 1.38. The van der Waals surface area contributed by atoms with Crippen LogP contribution in [0.4, 0.5) is 0 Å². The third-order valence-corrected chi connectivity index (χ3v) is 5.72. The van der Waals surface area contributed by atoms with Crippen LogP contribution in [0.25, 0.3) is 0 Å². The van der Waals surface area contributed by atoms with Crippen molar-refractivity contribution in [3.8, 4) is 11.5 Å². The van der Waals surface area contributed by atoms with E-state index in [2.05, 4.69) is 38.0 Å². The molecule has 36 heavy (non-hydrogen) atoms. The molecule has 0 spiro atoms. The van der Waals surface area contributed by atoms with Crippen molar-refractivity contribution in [3.05, 3.63) is 18.0 Å². The van der Waals surface area contributed by atoms with Gasteiger partial charge in [-0.2, -0.15) is 0 Å². The van der Waals surface area contributed by atoms with E-state index in [-0.39, 0.29) is 35.8 Å². The van der Waals surface area contributed by atoms with Crippen LogP contribution in [0, 0.1) is 17.8 Å². The van der Waals surface area contributed by atoms with E-state index in [0.29, 0.717) is 25.0 Å². The highest BCUT2D eigenvalue weighted by Crippen LogP contribution is 2.30. The van der Waals surface area contributed by atoms with Gasteiger partial charge in [0.2, 0.25) is 5.75 Å². The van der Waals surface area contributed by atoms with Crippen LogP contribution in [0.15, 0.2) is 12.3 Å². The first kappa shape index (κ1) is 29.5. The second-order valence-corrected chi connectivity index (χ2v) is 9.91. The fourth-order valence-corrected chi connectivity index (χ4v) is 3.91. The minimum absolute atomic E-state index is 0.0269.